The molecule has 0 aromatic heterocycles. The number of hydrogen-bond donors (Lipinski definition) is 1. The first kappa shape index (κ1) is 17.3. The van der Waals surface area contributed by atoms with E-state index in [1.54, 1.807) is 0 Å². The van der Waals surface area contributed by atoms with Crippen LogP contribution < -0.4 is 10.2 Å². The zero-order valence-electron chi connectivity index (χ0n) is 14.5. The Labute approximate surface area is 147 Å². The third-order valence-electron chi connectivity index (χ3n) is 4.91. The lowest BCUT2D eigenvalue weighted by Crippen LogP contribution is -2.31. The number of carbonyl (C=O) groups excluding carboxylic acids is 2. The molecule has 2 aliphatic rings. The standard InChI is InChI=1S/C18H25N3O2S/c1-12-4-6-15(21-9-8-14(11-21)20(2)3)13(10-12)5-7-16-17(22)19-18(23)24-16/h4,6,10,14,16H,5,7-9,11H2,1-3H3,(H,19,22,23)/t14-,16?/m0/s1. The van der Waals surface area contributed by atoms with Crippen LogP contribution in [-0.2, 0) is 11.2 Å². The van der Waals surface area contributed by atoms with Gasteiger partial charge in [0.15, 0.2) is 0 Å². The van der Waals surface area contributed by atoms with Gasteiger partial charge >= 0.3 is 0 Å². The van der Waals surface area contributed by atoms with E-state index in [2.05, 4.69) is 54.3 Å². The van der Waals surface area contributed by atoms with Crippen LogP contribution in [0.25, 0.3) is 0 Å². The molecule has 0 bridgehead atoms. The SMILES string of the molecule is Cc1ccc(N2CC[C@H](N(C)C)C2)c(CCC2SC(=O)NC2=O)c1. The lowest BCUT2D eigenvalue weighted by molar-refractivity contribution is -0.119. The van der Waals surface area contributed by atoms with Crippen molar-refractivity contribution < 1.29 is 9.59 Å². The summed E-state index contributed by atoms with van der Waals surface area (Å²) in [6.45, 7) is 4.21. The maximum absolute atomic E-state index is 11.8. The maximum atomic E-state index is 11.8. The average Bonchev–Trinajstić information content (AvgIpc) is 3.12. The molecule has 2 aliphatic heterocycles. The Morgan fingerprint density at radius 3 is 2.75 bits per heavy atom. The molecule has 3 rings (SSSR count). The molecule has 2 heterocycles. The number of likely N-dealkylation sites (N-methyl/N-ethyl adjacent to an activating group) is 1. The van der Waals surface area contributed by atoms with Gasteiger partial charge in [0.1, 0.15) is 0 Å². The number of nitrogens with one attached hydrogen (secondary N) is 1. The van der Waals surface area contributed by atoms with E-state index in [1.165, 1.54) is 23.2 Å². The van der Waals surface area contributed by atoms with Gasteiger partial charge < -0.3 is 9.80 Å². The summed E-state index contributed by atoms with van der Waals surface area (Å²) in [5.41, 5.74) is 3.79. The van der Waals surface area contributed by atoms with E-state index in [1.807, 2.05) is 0 Å². The highest BCUT2D eigenvalue weighted by molar-refractivity contribution is 8.15. The van der Waals surface area contributed by atoms with E-state index in [4.69, 9.17) is 0 Å². The van der Waals surface area contributed by atoms with Gasteiger partial charge in [0.2, 0.25) is 5.91 Å². The number of carbonyl (C=O) groups is 2. The van der Waals surface area contributed by atoms with Crippen LogP contribution in [0.2, 0.25) is 0 Å². The van der Waals surface area contributed by atoms with E-state index in [0.717, 1.165) is 31.3 Å². The van der Waals surface area contributed by atoms with Gasteiger partial charge in [0.25, 0.3) is 5.24 Å². The van der Waals surface area contributed by atoms with Crippen molar-refractivity contribution in [2.24, 2.45) is 0 Å². The minimum absolute atomic E-state index is 0.145. The molecule has 1 unspecified atom stereocenters. The number of benzene rings is 1. The zero-order valence-corrected chi connectivity index (χ0v) is 15.4. The van der Waals surface area contributed by atoms with Crippen LogP contribution in [0, 0.1) is 6.92 Å². The van der Waals surface area contributed by atoms with Crippen LogP contribution in [0.3, 0.4) is 0 Å². The molecule has 2 saturated heterocycles. The highest BCUT2D eigenvalue weighted by Gasteiger charge is 2.31. The second-order valence-corrected chi connectivity index (χ2v) is 8.08. The third-order valence-corrected chi connectivity index (χ3v) is 5.96. The minimum Gasteiger partial charge on any atom is -0.370 e. The van der Waals surface area contributed by atoms with Gasteiger partial charge in [-0.05, 0) is 51.9 Å². The topological polar surface area (TPSA) is 52.6 Å². The fourth-order valence-electron chi connectivity index (χ4n) is 3.48. The van der Waals surface area contributed by atoms with E-state index in [9.17, 15) is 9.59 Å². The first-order valence-electron chi connectivity index (χ1n) is 8.46. The van der Waals surface area contributed by atoms with Crippen molar-refractivity contribution in [1.29, 1.82) is 0 Å². The maximum Gasteiger partial charge on any atom is 0.286 e. The molecule has 5 nitrogen and oxygen atoms in total. The summed E-state index contributed by atoms with van der Waals surface area (Å²) in [5, 5.41) is 1.90. The van der Waals surface area contributed by atoms with E-state index in [-0.39, 0.29) is 16.4 Å². The summed E-state index contributed by atoms with van der Waals surface area (Å²) in [6, 6.07) is 7.17. The van der Waals surface area contributed by atoms with Crippen LogP contribution in [0.15, 0.2) is 18.2 Å². The highest BCUT2D eigenvalue weighted by Crippen LogP contribution is 2.30. The lowest BCUT2D eigenvalue weighted by atomic mass is 10.0. The van der Waals surface area contributed by atoms with Crippen LogP contribution in [-0.4, -0.2) is 54.5 Å². The van der Waals surface area contributed by atoms with Crippen LogP contribution in [0.1, 0.15) is 24.0 Å². The van der Waals surface area contributed by atoms with Crippen LogP contribution >= 0.6 is 11.8 Å². The van der Waals surface area contributed by atoms with Crippen molar-refractivity contribution >= 4 is 28.6 Å². The summed E-state index contributed by atoms with van der Waals surface area (Å²) in [5.74, 6) is -0.145. The van der Waals surface area contributed by atoms with Crippen LogP contribution in [0.5, 0.6) is 0 Å². The Morgan fingerprint density at radius 1 is 1.33 bits per heavy atom. The molecule has 0 spiro atoms. The second kappa shape index (κ2) is 7.15. The van der Waals surface area contributed by atoms with Gasteiger partial charge in [0, 0.05) is 24.8 Å². The number of aryl methyl sites for hydroxylation is 2. The summed E-state index contributed by atoms with van der Waals surface area (Å²) >= 11 is 1.12. The number of imide groups is 1. The molecule has 1 aromatic carbocycles. The molecule has 2 amide bonds. The van der Waals surface area contributed by atoms with Gasteiger partial charge in [-0.15, -0.1) is 0 Å². The monoisotopic (exact) mass is 347 g/mol. The third kappa shape index (κ3) is 3.75. The fourth-order valence-corrected chi connectivity index (χ4v) is 4.29. The first-order chi connectivity index (χ1) is 11.4. The quantitative estimate of drug-likeness (QED) is 0.886. The minimum atomic E-state index is -0.251. The number of nitrogens with zero attached hydrogens (tertiary/aromatic N) is 2. The Kier molecular flexibility index (Phi) is 5.15. The second-order valence-electron chi connectivity index (χ2n) is 6.91. The Morgan fingerprint density at radius 2 is 2.12 bits per heavy atom. The largest absolute Gasteiger partial charge is 0.370 e. The van der Waals surface area contributed by atoms with Crippen molar-refractivity contribution in [1.82, 2.24) is 10.2 Å². The van der Waals surface area contributed by atoms with Crippen LogP contribution in [0.4, 0.5) is 10.5 Å². The molecule has 6 heteroatoms. The predicted octanol–water partition coefficient (Wildman–Crippen LogP) is 2.42. The number of thioether (sulfide) groups is 1. The van der Waals surface area contributed by atoms with E-state index >= 15 is 0 Å². The number of rotatable bonds is 5. The molecule has 2 fully saturated rings. The van der Waals surface area contributed by atoms with Crippen molar-refractivity contribution in [3.05, 3.63) is 29.3 Å². The van der Waals surface area contributed by atoms with Crippen molar-refractivity contribution in [2.45, 2.75) is 37.5 Å². The Hall–Kier alpha value is -1.53. The van der Waals surface area contributed by atoms with Crippen molar-refractivity contribution in [2.75, 3.05) is 32.1 Å². The van der Waals surface area contributed by atoms with E-state index in [0.29, 0.717) is 12.5 Å². The normalized spacial score (nSPS) is 24.1. The number of hydrogen-bond acceptors (Lipinski definition) is 5. The molecule has 1 N–H and O–H groups in total. The lowest BCUT2D eigenvalue weighted by Gasteiger charge is -2.24. The van der Waals surface area contributed by atoms with E-state index < -0.39 is 0 Å². The Bertz CT molecular complexity index is 647. The molecule has 0 aliphatic carbocycles. The molecule has 1 aromatic rings. The molecule has 130 valence electrons. The highest BCUT2D eigenvalue weighted by atomic mass is 32.2. The molecule has 0 radical (unpaired) electrons. The smallest absolute Gasteiger partial charge is 0.286 e. The molecular weight excluding hydrogens is 322 g/mol. The van der Waals surface area contributed by atoms with Gasteiger partial charge in [-0.1, -0.05) is 29.5 Å². The summed E-state index contributed by atoms with van der Waals surface area (Å²) in [7, 11) is 4.27. The van der Waals surface area contributed by atoms with Gasteiger partial charge in [-0.25, -0.2) is 0 Å². The number of amides is 2. The van der Waals surface area contributed by atoms with Gasteiger partial charge in [0.05, 0.1) is 5.25 Å². The fraction of sp³-hybridized carbons (Fsp3) is 0.556. The summed E-state index contributed by atoms with van der Waals surface area (Å²) < 4.78 is 0. The molecular formula is C18H25N3O2S. The van der Waals surface area contributed by atoms with Crippen molar-refractivity contribution in [3.63, 3.8) is 0 Å². The van der Waals surface area contributed by atoms with Crippen molar-refractivity contribution in [3.8, 4) is 0 Å². The summed E-state index contributed by atoms with van der Waals surface area (Å²) in [6.07, 6.45) is 2.69. The van der Waals surface area contributed by atoms with Gasteiger partial charge in [-0.2, -0.15) is 0 Å². The molecule has 24 heavy (non-hydrogen) atoms. The predicted molar refractivity (Wildman–Crippen MR) is 98.7 cm³/mol. The zero-order chi connectivity index (χ0) is 17.3. The molecule has 0 saturated carbocycles. The van der Waals surface area contributed by atoms with Gasteiger partial charge in [-0.3, -0.25) is 14.9 Å². The average molecular weight is 347 g/mol. The first-order valence-corrected chi connectivity index (χ1v) is 9.34. The Balaban J connectivity index is 1.72. The summed E-state index contributed by atoms with van der Waals surface area (Å²) in [4.78, 5) is 27.8. The number of anilines is 1. The molecule has 2 atom stereocenters.